The van der Waals surface area contributed by atoms with E-state index in [1.165, 1.54) is 23.1 Å². The summed E-state index contributed by atoms with van der Waals surface area (Å²) in [6.45, 7) is 3.88. The Kier molecular flexibility index (Phi) is 5.43. The first kappa shape index (κ1) is 22.2. The van der Waals surface area contributed by atoms with Crippen LogP contribution in [0.4, 0.5) is 15.1 Å². The van der Waals surface area contributed by atoms with E-state index in [9.17, 15) is 24.6 Å². The summed E-state index contributed by atoms with van der Waals surface area (Å²) in [5, 5.41) is 21.1. The Balaban J connectivity index is 2.00. The molecule has 4 rings (SSSR count). The lowest BCUT2D eigenvalue weighted by Gasteiger charge is -2.43. The summed E-state index contributed by atoms with van der Waals surface area (Å²) in [4.78, 5) is 26.0. The predicted molar refractivity (Wildman–Crippen MR) is 122 cm³/mol. The summed E-state index contributed by atoms with van der Waals surface area (Å²) in [6.07, 6.45) is 0.665. The van der Waals surface area contributed by atoms with Crippen molar-refractivity contribution in [3.8, 4) is 6.07 Å². The van der Waals surface area contributed by atoms with Crippen molar-refractivity contribution in [3.05, 3.63) is 78.3 Å². The van der Waals surface area contributed by atoms with E-state index in [4.69, 9.17) is 5.73 Å². The van der Waals surface area contributed by atoms with Crippen LogP contribution in [0.3, 0.4) is 0 Å². The van der Waals surface area contributed by atoms with Gasteiger partial charge < -0.3 is 5.73 Å². The normalized spacial score (nSPS) is 20.3. The van der Waals surface area contributed by atoms with Gasteiger partial charge in [0.1, 0.15) is 11.6 Å². The SMILES string of the molecule is CC1(C)CC(=O)C2=C(C1)N(c1ccc(Br)cc1F)C(N)=C(C#N)C2c1ccc([N+](=O)[O-])s1. The second-order valence-electron chi connectivity index (χ2n) is 8.51. The van der Waals surface area contributed by atoms with Crippen LogP contribution in [0.15, 0.2) is 57.5 Å². The van der Waals surface area contributed by atoms with E-state index in [1.807, 2.05) is 13.8 Å². The van der Waals surface area contributed by atoms with Crippen LogP contribution in [-0.4, -0.2) is 10.7 Å². The van der Waals surface area contributed by atoms with E-state index >= 15 is 0 Å². The minimum Gasteiger partial charge on any atom is -0.384 e. The van der Waals surface area contributed by atoms with Crippen molar-refractivity contribution in [2.24, 2.45) is 11.1 Å². The van der Waals surface area contributed by atoms with Gasteiger partial charge in [-0.3, -0.25) is 19.8 Å². The third kappa shape index (κ3) is 3.61. The first-order chi connectivity index (χ1) is 15.0. The number of hydrogen-bond donors (Lipinski definition) is 1. The van der Waals surface area contributed by atoms with Crippen LogP contribution < -0.4 is 10.6 Å². The van der Waals surface area contributed by atoms with Crippen LogP contribution in [0.2, 0.25) is 0 Å². The number of ketones is 1. The zero-order valence-electron chi connectivity index (χ0n) is 17.2. The maximum Gasteiger partial charge on any atom is 0.324 e. The average molecular weight is 517 g/mol. The van der Waals surface area contributed by atoms with Crippen molar-refractivity contribution < 1.29 is 14.1 Å². The molecule has 0 spiro atoms. The first-order valence-electron chi connectivity index (χ1n) is 9.69. The Labute approximate surface area is 195 Å². The van der Waals surface area contributed by atoms with E-state index in [2.05, 4.69) is 22.0 Å². The van der Waals surface area contributed by atoms with Gasteiger partial charge in [0, 0.05) is 33.1 Å². The van der Waals surface area contributed by atoms with Crippen molar-refractivity contribution >= 4 is 43.7 Å². The number of allylic oxidation sites excluding steroid dienone is 3. The number of carbonyl (C=O) groups excluding carboxylic acids is 1. The Morgan fingerprint density at radius 3 is 2.66 bits per heavy atom. The number of anilines is 1. The molecular weight excluding hydrogens is 499 g/mol. The van der Waals surface area contributed by atoms with Gasteiger partial charge in [0.15, 0.2) is 5.78 Å². The quantitative estimate of drug-likeness (QED) is 0.425. The van der Waals surface area contributed by atoms with Crippen molar-refractivity contribution in [1.82, 2.24) is 0 Å². The van der Waals surface area contributed by atoms with Crippen LogP contribution in [0.1, 0.15) is 37.5 Å². The van der Waals surface area contributed by atoms with Gasteiger partial charge in [-0.1, -0.05) is 41.1 Å². The number of halogens is 2. The van der Waals surface area contributed by atoms with E-state index in [0.29, 0.717) is 27.0 Å². The minimum atomic E-state index is -0.827. The summed E-state index contributed by atoms with van der Waals surface area (Å²) >= 11 is 4.14. The molecular formula is C22H18BrFN4O3S. The maximum atomic E-state index is 15.0. The molecule has 1 aliphatic carbocycles. The van der Waals surface area contributed by atoms with Gasteiger partial charge in [0.2, 0.25) is 0 Å². The number of carbonyl (C=O) groups is 1. The molecule has 0 radical (unpaired) electrons. The zero-order valence-corrected chi connectivity index (χ0v) is 19.6. The Hall–Kier alpha value is -3.03. The van der Waals surface area contributed by atoms with Crippen molar-refractivity contribution in [2.45, 2.75) is 32.6 Å². The monoisotopic (exact) mass is 516 g/mol. The lowest BCUT2D eigenvalue weighted by molar-refractivity contribution is -0.380. The van der Waals surface area contributed by atoms with Crippen molar-refractivity contribution in [2.75, 3.05) is 4.90 Å². The highest BCUT2D eigenvalue weighted by atomic mass is 79.9. The molecule has 1 atom stereocenters. The van der Waals surface area contributed by atoms with E-state index in [0.717, 1.165) is 11.3 Å². The highest BCUT2D eigenvalue weighted by Gasteiger charge is 2.45. The number of nitriles is 1. The fraction of sp³-hybridized carbons (Fsp3) is 0.273. The molecule has 0 amide bonds. The lowest BCUT2D eigenvalue weighted by atomic mass is 9.69. The fourth-order valence-corrected chi connectivity index (χ4v) is 5.60. The molecule has 2 aromatic rings. The van der Waals surface area contributed by atoms with Gasteiger partial charge in [-0.15, -0.1) is 0 Å². The molecule has 0 saturated carbocycles. The van der Waals surface area contributed by atoms with Crippen molar-refractivity contribution in [3.63, 3.8) is 0 Å². The van der Waals surface area contributed by atoms with Crippen LogP contribution in [0, 0.1) is 32.7 Å². The Morgan fingerprint density at radius 1 is 1.34 bits per heavy atom. The largest absolute Gasteiger partial charge is 0.384 e. The third-order valence-corrected chi connectivity index (χ3v) is 7.20. The lowest BCUT2D eigenvalue weighted by Crippen LogP contribution is -2.42. The summed E-state index contributed by atoms with van der Waals surface area (Å²) in [6, 6.07) is 9.46. The van der Waals surface area contributed by atoms with E-state index < -0.39 is 22.1 Å². The molecule has 2 N–H and O–H groups in total. The smallest absolute Gasteiger partial charge is 0.324 e. The highest BCUT2D eigenvalue weighted by molar-refractivity contribution is 9.10. The zero-order chi connectivity index (χ0) is 23.4. The molecule has 1 unspecified atom stereocenters. The second kappa shape index (κ2) is 7.83. The average Bonchev–Trinajstić information content (AvgIpc) is 3.17. The molecule has 2 aliphatic rings. The van der Waals surface area contributed by atoms with Crippen LogP contribution in [0.5, 0.6) is 0 Å². The maximum absolute atomic E-state index is 15.0. The minimum absolute atomic E-state index is 0.0130. The number of Topliss-reactive ketones (excluding diaryl/α,β-unsaturated/α-hetero) is 1. The number of thiophene rings is 1. The van der Waals surface area contributed by atoms with Gasteiger partial charge in [0.25, 0.3) is 0 Å². The molecule has 7 nitrogen and oxygen atoms in total. The fourth-order valence-electron chi connectivity index (χ4n) is 4.33. The topological polar surface area (TPSA) is 113 Å². The summed E-state index contributed by atoms with van der Waals surface area (Å²) < 4.78 is 15.5. The number of nitro groups is 1. The molecule has 1 aromatic carbocycles. The van der Waals surface area contributed by atoms with Gasteiger partial charge in [-0.05, 0) is 36.1 Å². The van der Waals surface area contributed by atoms with Gasteiger partial charge >= 0.3 is 5.00 Å². The second-order valence-corrected chi connectivity index (χ2v) is 10.5. The van der Waals surface area contributed by atoms with Gasteiger partial charge in [-0.25, -0.2) is 4.39 Å². The third-order valence-electron chi connectivity index (χ3n) is 5.61. The molecule has 164 valence electrons. The van der Waals surface area contributed by atoms with Crippen molar-refractivity contribution in [1.29, 1.82) is 5.26 Å². The first-order valence-corrected chi connectivity index (χ1v) is 11.3. The number of hydrogen-bond acceptors (Lipinski definition) is 7. The molecule has 0 bridgehead atoms. The van der Waals surface area contributed by atoms with Gasteiger partial charge in [0.05, 0.1) is 28.2 Å². The molecule has 10 heteroatoms. The number of benzene rings is 1. The van der Waals surface area contributed by atoms with E-state index in [-0.39, 0.29) is 34.3 Å². The molecule has 32 heavy (non-hydrogen) atoms. The summed E-state index contributed by atoms with van der Waals surface area (Å²) in [5.41, 5.74) is 7.09. The number of nitrogens with zero attached hydrogens (tertiary/aromatic N) is 3. The summed E-state index contributed by atoms with van der Waals surface area (Å²) in [5.74, 6) is -1.56. The predicted octanol–water partition coefficient (Wildman–Crippen LogP) is 5.50. The molecule has 0 fully saturated rings. The highest BCUT2D eigenvalue weighted by Crippen LogP contribution is 2.51. The van der Waals surface area contributed by atoms with E-state index in [1.54, 1.807) is 12.1 Å². The van der Waals surface area contributed by atoms with Crippen LogP contribution >= 0.6 is 27.3 Å². The van der Waals surface area contributed by atoms with Crippen LogP contribution in [-0.2, 0) is 4.79 Å². The Morgan fingerprint density at radius 2 is 2.06 bits per heavy atom. The molecule has 1 aromatic heterocycles. The van der Waals surface area contributed by atoms with Crippen LogP contribution in [0.25, 0.3) is 0 Å². The molecule has 1 aliphatic heterocycles. The summed E-state index contributed by atoms with van der Waals surface area (Å²) in [7, 11) is 0. The molecule has 2 heterocycles. The standard InChI is InChI=1S/C22H18BrFN4O3S/c1-22(2)8-15-20(16(29)9-22)19(17-5-6-18(32-17)28(30)31)12(10-25)21(26)27(15)14-4-3-11(23)7-13(14)24/h3-7,19H,8-9,26H2,1-2H3. The molecule has 0 saturated heterocycles. The number of rotatable bonds is 3. The van der Waals surface area contributed by atoms with Gasteiger partial charge in [-0.2, -0.15) is 5.26 Å². The number of nitrogens with two attached hydrogens (primary N) is 1. The Bertz CT molecular complexity index is 1270.